The molecule has 3 rings (SSSR count). The third kappa shape index (κ3) is 3.65. The normalized spacial score (nSPS) is 15.0. The van der Waals surface area contributed by atoms with E-state index < -0.39 is 0 Å². The van der Waals surface area contributed by atoms with E-state index in [1.54, 1.807) is 0 Å². The Kier molecular flexibility index (Phi) is 4.94. The van der Waals surface area contributed by atoms with E-state index in [0.29, 0.717) is 37.3 Å². The van der Waals surface area contributed by atoms with Gasteiger partial charge in [0.2, 0.25) is 0 Å². The lowest BCUT2D eigenvalue weighted by Gasteiger charge is -2.22. The highest BCUT2D eigenvalue weighted by Crippen LogP contribution is 2.12. The van der Waals surface area contributed by atoms with Crippen molar-refractivity contribution in [2.45, 2.75) is 13.3 Å². The molecular formula is C20H22N2O2. The molecule has 24 heavy (non-hydrogen) atoms. The molecule has 0 radical (unpaired) electrons. The Labute approximate surface area is 142 Å². The topological polar surface area (TPSA) is 40.6 Å². The van der Waals surface area contributed by atoms with Gasteiger partial charge in [-0.25, -0.2) is 0 Å². The molecule has 0 spiro atoms. The first-order chi connectivity index (χ1) is 11.6. The average molecular weight is 322 g/mol. The Morgan fingerprint density at radius 1 is 0.708 bits per heavy atom. The molecule has 1 aliphatic heterocycles. The van der Waals surface area contributed by atoms with Gasteiger partial charge in [0.1, 0.15) is 0 Å². The standard InChI is InChI=1S/C20H22N2O2/c1-16-8-10-18(11-9-16)20(24)22-13-5-12-21(14-15-22)19(23)17-6-3-2-4-7-17/h2-4,6-11H,5,12-15H2,1H3. The van der Waals surface area contributed by atoms with Crippen LogP contribution in [0, 0.1) is 6.92 Å². The summed E-state index contributed by atoms with van der Waals surface area (Å²) in [4.78, 5) is 28.9. The van der Waals surface area contributed by atoms with Crippen LogP contribution in [-0.2, 0) is 0 Å². The van der Waals surface area contributed by atoms with Gasteiger partial charge >= 0.3 is 0 Å². The summed E-state index contributed by atoms with van der Waals surface area (Å²) in [7, 11) is 0. The molecule has 2 aromatic carbocycles. The van der Waals surface area contributed by atoms with Crippen LogP contribution in [0.1, 0.15) is 32.7 Å². The minimum atomic E-state index is 0.0419. The van der Waals surface area contributed by atoms with E-state index in [1.807, 2.05) is 71.3 Å². The van der Waals surface area contributed by atoms with E-state index >= 15 is 0 Å². The summed E-state index contributed by atoms with van der Waals surface area (Å²) in [5.41, 5.74) is 2.56. The van der Waals surface area contributed by atoms with Gasteiger partial charge in [-0.15, -0.1) is 0 Å². The zero-order valence-corrected chi connectivity index (χ0v) is 13.9. The maximum Gasteiger partial charge on any atom is 0.253 e. The second-order valence-corrected chi connectivity index (χ2v) is 6.17. The number of benzene rings is 2. The predicted octanol–water partition coefficient (Wildman–Crippen LogP) is 2.98. The van der Waals surface area contributed by atoms with Crippen LogP contribution in [0.5, 0.6) is 0 Å². The van der Waals surface area contributed by atoms with Crippen molar-refractivity contribution >= 4 is 11.8 Å². The van der Waals surface area contributed by atoms with Gasteiger partial charge in [0.05, 0.1) is 0 Å². The molecule has 4 heteroatoms. The van der Waals surface area contributed by atoms with E-state index in [-0.39, 0.29) is 11.8 Å². The van der Waals surface area contributed by atoms with Crippen LogP contribution in [-0.4, -0.2) is 47.8 Å². The lowest BCUT2D eigenvalue weighted by molar-refractivity contribution is 0.0719. The molecule has 1 heterocycles. The molecular weight excluding hydrogens is 300 g/mol. The minimum absolute atomic E-state index is 0.0419. The van der Waals surface area contributed by atoms with Gasteiger partial charge in [0.25, 0.3) is 11.8 Å². The molecule has 2 aromatic rings. The summed E-state index contributed by atoms with van der Waals surface area (Å²) in [6.07, 6.45) is 0.802. The fourth-order valence-electron chi connectivity index (χ4n) is 2.97. The monoisotopic (exact) mass is 322 g/mol. The summed E-state index contributed by atoms with van der Waals surface area (Å²) >= 11 is 0. The highest BCUT2D eigenvalue weighted by Gasteiger charge is 2.23. The largest absolute Gasteiger partial charge is 0.337 e. The number of carbonyl (C=O) groups is 2. The van der Waals surface area contributed by atoms with Crippen molar-refractivity contribution in [1.29, 1.82) is 0 Å². The fraction of sp³-hybridized carbons (Fsp3) is 0.300. The van der Waals surface area contributed by atoms with E-state index in [9.17, 15) is 9.59 Å². The van der Waals surface area contributed by atoms with Crippen LogP contribution < -0.4 is 0 Å². The van der Waals surface area contributed by atoms with Crippen molar-refractivity contribution in [3.8, 4) is 0 Å². The third-order valence-electron chi connectivity index (χ3n) is 4.39. The second kappa shape index (κ2) is 7.30. The third-order valence-corrected chi connectivity index (χ3v) is 4.39. The maximum absolute atomic E-state index is 12.6. The lowest BCUT2D eigenvalue weighted by atomic mass is 10.1. The molecule has 0 aliphatic carbocycles. The summed E-state index contributed by atoms with van der Waals surface area (Å²) in [5.74, 6) is 0.0873. The number of hydrogen-bond acceptors (Lipinski definition) is 2. The molecule has 124 valence electrons. The zero-order chi connectivity index (χ0) is 16.9. The molecule has 1 saturated heterocycles. The van der Waals surface area contributed by atoms with Gasteiger partial charge in [-0.2, -0.15) is 0 Å². The minimum Gasteiger partial charge on any atom is -0.337 e. The molecule has 2 amide bonds. The Hall–Kier alpha value is -2.62. The number of nitrogens with zero attached hydrogens (tertiary/aromatic N) is 2. The molecule has 4 nitrogen and oxygen atoms in total. The smallest absolute Gasteiger partial charge is 0.253 e. The van der Waals surface area contributed by atoms with Gasteiger partial charge in [-0.1, -0.05) is 35.9 Å². The van der Waals surface area contributed by atoms with Crippen LogP contribution >= 0.6 is 0 Å². The van der Waals surface area contributed by atoms with Crippen molar-refractivity contribution in [1.82, 2.24) is 9.80 Å². The molecule has 0 bridgehead atoms. The van der Waals surface area contributed by atoms with E-state index in [4.69, 9.17) is 0 Å². The molecule has 0 N–H and O–H groups in total. The van der Waals surface area contributed by atoms with Gasteiger partial charge in [-0.05, 0) is 37.6 Å². The molecule has 0 unspecified atom stereocenters. The van der Waals surface area contributed by atoms with Crippen LogP contribution in [0.4, 0.5) is 0 Å². The molecule has 0 atom stereocenters. The highest BCUT2D eigenvalue weighted by atomic mass is 16.2. The summed E-state index contributed by atoms with van der Waals surface area (Å²) in [6.45, 7) is 4.53. The Bertz CT molecular complexity index is 710. The number of carbonyl (C=O) groups excluding carboxylic acids is 2. The van der Waals surface area contributed by atoms with Crippen molar-refractivity contribution < 1.29 is 9.59 Å². The fourth-order valence-corrected chi connectivity index (χ4v) is 2.97. The van der Waals surface area contributed by atoms with Gasteiger partial charge in [-0.3, -0.25) is 9.59 Å². The molecule has 1 fully saturated rings. The number of aryl methyl sites for hydroxylation is 1. The van der Waals surface area contributed by atoms with Gasteiger partial charge in [0, 0.05) is 37.3 Å². The maximum atomic E-state index is 12.6. The summed E-state index contributed by atoms with van der Waals surface area (Å²) in [6, 6.07) is 17.0. The van der Waals surface area contributed by atoms with Crippen molar-refractivity contribution in [3.05, 3.63) is 71.3 Å². The van der Waals surface area contributed by atoms with E-state index in [2.05, 4.69) is 0 Å². The van der Waals surface area contributed by atoms with E-state index in [1.165, 1.54) is 0 Å². The Morgan fingerprint density at radius 2 is 1.21 bits per heavy atom. The summed E-state index contributed by atoms with van der Waals surface area (Å²) < 4.78 is 0. The first-order valence-electron chi connectivity index (χ1n) is 8.35. The molecule has 0 aromatic heterocycles. The SMILES string of the molecule is Cc1ccc(C(=O)N2CCCN(C(=O)c3ccccc3)CC2)cc1. The molecule has 1 aliphatic rings. The average Bonchev–Trinajstić information content (AvgIpc) is 2.88. The highest BCUT2D eigenvalue weighted by molar-refractivity contribution is 5.95. The Balaban J connectivity index is 1.65. The van der Waals surface area contributed by atoms with E-state index in [0.717, 1.165) is 12.0 Å². The predicted molar refractivity (Wildman–Crippen MR) is 94.0 cm³/mol. The summed E-state index contributed by atoms with van der Waals surface area (Å²) in [5, 5.41) is 0. The Morgan fingerprint density at radius 3 is 1.75 bits per heavy atom. The second-order valence-electron chi connectivity index (χ2n) is 6.17. The van der Waals surface area contributed by atoms with Crippen LogP contribution in [0.3, 0.4) is 0 Å². The zero-order valence-electron chi connectivity index (χ0n) is 13.9. The van der Waals surface area contributed by atoms with Crippen LogP contribution in [0.25, 0.3) is 0 Å². The van der Waals surface area contributed by atoms with Crippen molar-refractivity contribution in [2.75, 3.05) is 26.2 Å². The lowest BCUT2D eigenvalue weighted by Crippen LogP contribution is -2.37. The first-order valence-corrected chi connectivity index (χ1v) is 8.35. The van der Waals surface area contributed by atoms with Gasteiger partial charge < -0.3 is 9.80 Å². The quantitative estimate of drug-likeness (QED) is 0.853. The van der Waals surface area contributed by atoms with Crippen molar-refractivity contribution in [2.24, 2.45) is 0 Å². The van der Waals surface area contributed by atoms with Gasteiger partial charge in [0.15, 0.2) is 0 Å². The first kappa shape index (κ1) is 16.2. The van der Waals surface area contributed by atoms with Crippen LogP contribution in [0.2, 0.25) is 0 Å². The molecule has 0 saturated carbocycles. The van der Waals surface area contributed by atoms with Crippen LogP contribution in [0.15, 0.2) is 54.6 Å². The number of hydrogen-bond donors (Lipinski definition) is 0. The van der Waals surface area contributed by atoms with Crippen molar-refractivity contribution in [3.63, 3.8) is 0 Å². The number of rotatable bonds is 2. The number of amides is 2.